The van der Waals surface area contributed by atoms with Gasteiger partial charge in [0, 0.05) is 24.5 Å². The maximum atomic E-state index is 3.36. The Hall–Kier alpha value is -0.660. The summed E-state index contributed by atoms with van der Waals surface area (Å²) >= 11 is 0. The summed E-state index contributed by atoms with van der Waals surface area (Å²) in [7, 11) is 0. The van der Waals surface area contributed by atoms with Crippen LogP contribution in [0.25, 0.3) is 0 Å². The second kappa shape index (κ2) is 2.76. The molecule has 0 amide bonds. The van der Waals surface area contributed by atoms with E-state index in [0.29, 0.717) is 6.04 Å². The van der Waals surface area contributed by atoms with Gasteiger partial charge in [-0.25, -0.2) is 0 Å². The Morgan fingerprint density at radius 1 is 1.78 bits per heavy atom. The van der Waals surface area contributed by atoms with Gasteiger partial charge in [0.05, 0.1) is 0 Å². The zero-order chi connectivity index (χ0) is 6.69. The van der Waals surface area contributed by atoms with Crippen molar-refractivity contribution in [1.82, 2.24) is 10.6 Å². The van der Waals surface area contributed by atoms with Gasteiger partial charge >= 0.3 is 0 Å². The maximum absolute atomic E-state index is 3.36. The van der Waals surface area contributed by atoms with Crippen LogP contribution < -0.4 is 10.6 Å². The third kappa shape index (κ3) is 1.63. The van der Waals surface area contributed by atoms with Crippen molar-refractivity contribution in [3.05, 3.63) is 11.9 Å². The van der Waals surface area contributed by atoms with E-state index in [1.54, 1.807) is 0 Å². The van der Waals surface area contributed by atoms with Crippen molar-refractivity contribution in [1.29, 1.82) is 0 Å². The average Bonchev–Trinajstić information content (AvgIpc) is 1.88. The predicted octanol–water partition coefficient (Wildman–Crippen LogP) is 0.819. The van der Waals surface area contributed by atoms with Gasteiger partial charge in [-0.3, -0.25) is 0 Å². The first-order valence-corrected chi connectivity index (χ1v) is 3.52. The fourth-order valence-electron chi connectivity index (χ4n) is 0.972. The number of nitrogens with one attached hydrogen (secondary N) is 2. The van der Waals surface area contributed by atoms with E-state index in [9.17, 15) is 0 Å². The molecule has 0 spiro atoms. The summed E-state index contributed by atoms with van der Waals surface area (Å²) in [4.78, 5) is 0. The molecule has 1 atom stereocenters. The summed E-state index contributed by atoms with van der Waals surface area (Å²) in [6.45, 7) is 5.37. The highest BCUT2D eigenvalue weighted by molar-refractivity contribution is 5.02. The minimum Gasteiger partial charge on any atom is -0.387 e. The van der Waals surface area contributed by atoms with Gasteiger partial charge in [0.15, 0.2) is 0 Å². The monoisotopic (exact) mass is 126 g/mol. The predicted molar refractivity (Wildman–Crippen MR) is 39.0 cm³/mol. The average molecular weight is 126 g/mol. The smallest absolute Gasteiger partial charge is 0.0403 e. The number of allylic oxidation sites excluding steroid dienone is 1. The molecule has 1 rings (SSSR count). The molecule has 0 aliphatic carbocycles. The first kappa shape index (κ1) is 6.46. The van der Waals surface area contributed by atoms with Gasteiger partial charge in [-0.15, -0.1) is 0 Å². The number of hydrogen-bond donors (Lipinski definition) is 2. The van der Waals surface area contributed by atoms with Crippen molar-refractivity contribution >= 4 is 0 Å². The molecule has 2 nitrogen and oxygen atoms in total. The standard InChI is InChI=1S/C7H14N2/c1-3-7-5-8-4-6(2)9-7/h5-6,8-9H,3-4H2,1-2H3. The highest BCUT2D eigenvalue weighted by Gasteiger charge is 2.05. The molecule has 0 aromatic rings. The van der Waals surface area contributed by atoms with Gasteiger partial charge in [-0.2, -0.15) is 0 Å². The fourth-order valence-corrected chi connectivity index (χ4v) is 0.972. The van der Waals surface area contributed by atoms with Crippen LogP contribution in [0.2, 0.25) is 0 Å². The third-order valence-electron chi connectivity index (χ3n) is 1.51. The molecule has 0 bridgehead atoms. The van der Waals surface area contributed by atoms with E-state index in [-0.39, 0.29) is 0 Å². The van der Waals surface area contributed by atoms with Crippen LogP contribution >= 0.6 is 0 Å². The van der Waals surface area contributed by atoms with Crippen LogP contribution in [0.15, 0.2) is 11.9 Å². The van der Waals surface area contributed by atoms with E-state index >= 15 is 0 Å². The molecule has 0 aromatic carbocycles. The topological polar surface area (TPSA) is 24.1 Å². The van der Waals surface area contributed by atoms with E-state index in [4.69, 9.17) is 0 Å². The lowest BCUT2D eigenvalue weighted by Crippen LogP contribution is -2.38. The molecule has 2 N–H and O–H groups in total. The van der Waals surface area contributed by atoms with Crippen molar-refractivity contribution in [2.24, 2.45) is 0 Å². The van der Waals surface area contributed by atoms with Gasteiger partial charge < -0.3 is 10.6 Å². The summed E-state index contributed by atoms with van der Waals surface area (Å²) in [6, 6.07) is 0.588. The summed E-state index contributed by atoms with van der Waals surface area (Å²) < 4.78 is 0. The van der Waals surface area contributed by atoms with Crippen molar-refractivity contribution in [3.8, 4) is 0 Å². The van der Waals surface area contributed by atoms with Gasteiger partial charge in [0.1, 0.15) is 0 Å². The minimum absolute atomic E-state index is 0.588. The normalized spacial score (nSPS) is 26.0. The molecule has 0 saturated carbocycles. The van der Waals surface area contributed by atoms with E-state index in [0.717, 1.165) is 13.0 Å². The zero-order valence-electron chi connectivity index (χ0n) is 6.07. The minimum atomic E-state index is 0.588. The summed E-state index contributed by atoms with van der Waals surface area (Å²) in [5.41, 5.74) is 1.31. The Bertz CT molecular complexity index is 118. The van der Waals surface area contributed by atoms with Crippen LogP contribution in [-0.4, -0.2) is 12.6 Å². The molecular formula is C7H14N2. The zero-order valence-corrected chi connectivity index (χ0v) is 6.07. The highest BCUT2D eigenvalue weighted by atomic mass is 15.0. The van der Waals surface area contributed by atoms with Crippen LogP contribution in [0.4, 0.5) is 0 Å². The summed E-state index contributed by atoms with van der Waals surface area (Å²) in [5.74, 6) is 0. The van der Waals surface area contributed by atoms with Crippen LogP contribution in [0, 0.1) is 0 Å². The largest absolute Gasteiger partial charge is 0.387 e. The van der Waals surface area contributed by atoms with Gasteiger partial charge in [0.25, 0.3) is 0 Å². The van der Waals surface area contributed by atoms with Crippen molar-refractivity contribution in [2.45, 2.75) is 26.3 Å². The Kier molecular flexibility index (Phi) is 1.98. The van der Waals surface area contributed by atoms with Crippen LogP contribution in [0.5, 0.6) is 0 Å². The second-order valence-corrected chi connectivity index (χ2v) is 2.48. The maximum Gasteiger partial charge on any atom is 0.0403 e. The van der Waals surface area contributed by atoms with E-state index in [1.807, 2.05) is 0 Å². The Morgan fingerprint density at radius 2 is 2.56 bits per heavy atom. The Balaban J connectivity index is 2.43. The van der Waals surface area contributed by atoms with Gasteiger partial charge in [-0.1, -0.05) is 6.92 Å². The molecule has 9 heavy (non-hydrogen) atoms. The summed E-state index contributed by atoms with van der Waals surface area (Å²) in [5, 5.41) is 6.58. The lowest BCUT2D eigenvalue weighted by molar-refractivity contribution is 0.540. The molecule has 0 aromatic heterocycles. The molecule has 1 heterocycles. The first-order chi connectivity index (χ1) is 4.33. The van der Waals surface area contributed by atoms with Gasteiger partial charge in [0.2, 0.25) is 0 Å². The van der Waals surface area contributed by atoms with Gasteiger partial charge in [-0.05, 0) is 13.3 Å². The van der Waals surface area contributed by atoms with E-state index in [1.165, 1.54) is 5.70 Å². The van der Waals surface area contributed by atoms with Crippen LogP contribution in [-0.2, 0) is 0 Å². The molecular weight excluding hydrogens is 112 g/mol. The quantitative estimate of drug-likeness (QED) is 0.543. The second-order valence-electron chi connectivity index (χ2n) is 2.48. The fraction of sp³-hybridized carbons (Fsp3) is 0.714. The van der Waals surface area contributed by atoms with Crippen molar-refractivity contribution in [3.63, 3.8) is 0 Å². The van der Waals surface area contributed by atoms with Crippen LogP contribution in [0.3, 0.4) is 0 Å². The van der Waals surface area contributed by atoms with Crippen molar-refractivity contribution in [2.75, 3.05) is 6.54 Å². The van der Waals surface area contributed by atoms with Crippen molar-refractivity contribution < 1.29 is 0 Å². The summed E-state index contributed by atoms with van der Waals surface area (Å²) in [6.07, 6.45) is 3.15. The molecule has 0 fully saturated rings. The first-order valence-electron chi connectivity index (χ1n) is 3.52. The third-order valence-corrected chi connectivity index (χ3v) is 1.51. The molecule has 1 aliphatic rings. The van der Waals surface area contributed by atoms with E-state index < -0.39 is 0 Å². The molecule has 2 heteroatoms. The number of hydrogen-bond acceptors (Lipinski definition) is 2. The molecule has 52 valence electrons. The highest BCUT2D eigenvalue weighted by Crippen LogP contribution is 1.99. The molecule has 1 unspecified atom stereocenters. The lowest BCUT2D eigenvalue weighted by Gasteiger charge is -2.22. The van der Waals surface area contributed by atoms with E-state index in [2.05, 4.69) is 30.7 Å². The molecule has 0 radical (unpaired) electrons. The molecule has 0 saturated heterocycles. The lowest BCUT2D eigenvalue weighted by atomic mass is 10.2. The molecule has 1 aliphatic heterocycles. The number of rotatable bonds is 1. The Morgan fingerprint density at radius 3 is 3.00 bits per heavy atom. The SMILES string of the molecule is CCC1=CNCC(C)N1. The van der Waals surface area contributed by atoms with Crippen LogP contribution in [0.1, 0.15) is 20.3 Å². The Labute approximate surface area is 56.3 Å².